The van der Waals surface area contributed by atoms with Crippen LogP contribution in [0.1, 0.15) is 0 Å². The van der Waals surface area contributed by atoms with Gasteiger partial charge in [0, 0.05) is 16.5 Å². The molecule has 0 atom stereocenters. The number of aromatic hydroxyl groups is 1. The van der Waals surface area contributed by atoms with E-state index in [9.17, 15) is 9.90 Å². The molecule has 0 heterocycles. The molecule has 0 radical (unpaired) electrons. The molecule has 0 bridgehead atoms. The van der Waals surface area contributed by atoms with E-state index in [1.54, 1.807) is 12.1 Å². The third-order valence-corrected chi connectivity index (χ3v) is 6.28. The van der Waals surface area contributed by atoms with Gasteiger partial charge in [0.05, 0.1) is 5.69 Å². The van der Waals surface area contributed by atoms with Gasteiger partial charge in [-0.25, -0.2) is 4.79 Å². The van der Waals surface area contributed by atoms with E-state index >= 15 is 0 Å². The molecule has 0 aliphatic heterocycles. The summed E-state index contributed by atoms with van der Waals surface area (Å²) in [6, 6.07) is 36.6. The Hall–Kier alpha value is -4.83. The van der Waals surface area contributed by atoms with Gasteiger partial charge in [-0.05, 0) is 45.1 Å². The van der Waals surface area contributed by atoms with E-state index < -0.39 is 6.09 Å². The van der Waals surface area contributed by atoms with Gasteiger partial charge >= 0.3 is 6.09 Å². The fraction of sp³-hybridized carbons (Fsp3) is 0. The number of ether oxygens (including phenoxy) is 1. The minimum Gasteiger partial charge on any atom is -0.507 e. The molecule has 0 spiro atoms. The molecule has 6 aromatic carbocycles. The molecule has 0 fully saturated rings. The molecular weight excluding hydrogens is 434 g/mol. The van der Waals surface area contributed by atoms with Crippen molar-refractivity contribution in [1.82, 2.24) is 0 Å². The van der Waals surface area contributed by atoms with Crippen LogP contribution in [0.2, 0.25) is 0 Å². The topological polar surface area (TPSA) is 58.6 Å². The number of hydrogen-bond acceptors (Lipinski definition) is 3. The maximum absolute atomic E-state index is 13.1. The summed E-state index contributed by atoms with van der Waals surface area (Å²) in [5.41, 5.74) is 1.97. The second-order valence-corrected chi connectivity index (χ2v) is 8.38. The van der Waals surface area contributed by atoms with E-state index in [4.69, 9.17) is 4.74 Å². The lowest BCUT2D eigenvalue weighted by atomic mass is 9.92. The summed E-state index contributed by atoms with van der Waals surface area (Å²) in [5.74, 6) is 0.493. The zero-order chi connectivity index (χ0) is 23.8. The number of phenolic OH excluding ortho intramolecular Hbond substituents is 1. The standard InChI is InChI=1S/C31H21NO3/c33-27-18-16-21-9-2-5-13-24(21)29(27)30-25-14-6-3-10-22(25)17-19-28(30)35-31(34)32-26-15-7-11-20-8-1-4-12-23(20)26/h1-19,33H,(H,32,34). The molecule has 6 rings (SSSR count). The van der Waals surface area contributed by atoms with E-state index in [2.05, 4.69) is 5.32 Å². The first-order valence-electron chi connectivity index (χ1n) is 11.4. The van der Waals surface area contributed by atoms with Gasteiger partial charge in [-0.1, -0.05) is 97.1 Å². The largest absolute Gasteiger partial charge is 0.507 e. The van der Waals surface area contributed by atoms with Gasteiger partial charge < -0.3 is 9.84 Å². The highest BCUT2D eigenvalue weighted by Gasteiger charge is 2.20. The van der Waals surface area contributed by atoms with Gasteiger partial charge in [-0.3, -0.25) is 5.32 Å². The Bertz CT molecular complexity index is 1730. The summed E-state index contributed by atoms with van der Waals surface area (Å²) >= 11 is 0. The van der Waals surface area contributed by atoms with Crippen molar-refractivity contribution in [2.45, 2.75) is 0 Å². The minimum atomic E-state index is -0.599. The maximum atomic E-state index is 13.1. The normalized spacial score (nSPS) is 11.1. The molecule has 0 aliphatic rings. The maximum Gasteiger partial charge on any atom is 0.417 e. The molecule has 35 heavy (non-hydrogen) atoms. The van der Waals surface area contributed by atoms with Gasteiger partial charge in [-0.2, -0.15) is 0 Å². The molecule has 0 saturated heterocycles. The van der Waals surface area contributed by atoms with E-state index in [1.807, 2.05) is 103 Å². The first-order chi connectivity index (χ1) is 17.2. The van der Waals surface area contributed by atoms with Gasteiger partial charge in [0.1, 0.15) is 11.5 Å². The van der Waals surface area contributed by atoms with Crippen LogP contribution < -0.4 is 10.1 Å². The molecule has 2 N–H and O–H groups in total. The SMILES string of the molecule is O=C(Nc1cccc2ccccc12)Oc1ccc2ccccc2c1-c1c(O)ccc2ccccc12. The zero-order valence-electron chi connectivity index (χ0n) is 18.7. The number of rotatable bonds is 3. The molecule has 1 amide bonds. The van der Waals surface area contributed by atoms with E-state index in [0.29, 0.717) is 22.6 Å². The van der Waals surface area contributed by atoms with Crippen LogP contribution >= 0.6 is 0 Å². The second-order valence-electron chi connectivity index (χ2n) is 8.38. The average molecular weight is 456 g/mol. The Balaban J connectivity index is 1.48. The van der Waals surface area contributed by atoms with Crippen molar-refractivity contribution in [3.63, 3.8) is 0 Å². The Morgan fingerprint density at radius 2 is 1.11 bits per heavy atom. The highest BCUT2D eigenvalue weighted by molar-refractivity contribution is 6.10. The first kappa shape index (κ1) is 20.8. The summed E-state index contributed by atoms with van der Waals surface area (Å²) in [6.45, 7) is 0. The lowest BCUT2D eigenvalue weighted by Crippen LogP contribution is -2.17. The van der Waals surface area contributed by atoms with Crippen molar-refractivity contribution in [2.75, 3.05) is 5.32 Å². The van der Waals surface area contributed by atoms with Crippen LogP contribution in [0.15, 0.2) is 115 Å². The highest BCUT2D eigenvalue weighted by atomic mass is 16.6. The molecular formula is C31H21NO3. The van der Waals surface area contributed by atoms with Crippen LogP contribution in [-0.4, -0.2) is 11.2 Å². The number of carbonyl (C=O) groups is 1. The first-order valence-corrected chi connectivity index (χ1v) is 11.4. The molecule has 0 unspecified atom stereocenters. The summed E-state index contributed by atoms with van der Waals surface area (Å²) < 4.78 is 5.90. The Morgan fingerprint density at radius 3 is 1.83 bits per heavy atom. The number of benzene rings is 6. The van der Waals surface area contributed by atoms with Crippen LogP contribution in [0.25, 0.3) is 43.4 Å². The summed E-state index contributed by atoms with van der Waals surface area (Å²) in [7, 11) is 0. The molecule has 0 aromatic heterocycles. The van der Waals surface area contributed by atoms with Crippen LogP contribution in [-0.2, 0) is 0 Å². The number of anilines is 1. The second kappa shape index (κ2) is 8.50. The number of amides is 1. The van der Waals surface area contributed by atoms with Gasteiger partial charge in [-0.15, -0.1) is 0 Å². The van der Waals surface area contributed by atoms with Gasteiger partial charge in [0.15, 0.2) is 0 Å². The van der Waals surface area contributed by atoms with E-state index in [-0.39, 0.29) is 5.75 Å². The number of carbonyl (C=O) groups excluding carboxylic acids is 1. The predicted octanol–water partition coefficient (Wildman–Crippen LogP) is 8.13. The third kappa shape index (κ3) is 3.71. The highest BCUT2D eigenvalue weighted by Crippen LogP contribution is 2.45. The summed E-state index contributed by atoms with van der Waals surface area (Å²) in [6.07, 6.45) is -0.599. The Morgan fingerprint density at radius 1 is 0.571 bits per heavy atom. The number of fused-ring (bicyclic) bond motifs is 3. The smallest absolute Gasteiger partial charge is 0.417 e. The van der Waals surface area contributed by atoms with Crippen LogP contribution in [0.4, 0.5) is 10.5 Å². The Kier molecular flexibility index (Phi) is 5.04. The van der Waals surface area contributed by atoms with Crippen molar-refractivity contribution in [1.29, 1.82) is 0 Å². The quantitative estimate of drug-likeness (QED) is 0.283. The van der Waals surface area contributed by atoms with Gasteiger partial charge in [0.25, 0.3) is 0 Å². The molecule has 4 heteroatoms. The van der Waals surface area contributed by atoms with E-state index in [0.717, 1.165) is 32.3 Å². The van der Waals surface area contributed by atoms with E-state index in [1.165, 1.54) is 0 Å². The van der Waals surface area contributed by atoms with Crippen molar-refractivity contribution in [3.05, 3.63) is 115 Å². The number of hydrogen-bond donors (Lipinski definition) is 2. The fourth-order valence-corrected chi connectivity index (χ4v) is 4.69. The van der Waals surface area contributed by atoms with Crippen LogP contribution in [0.3, 0.4) is 0 Å². The molecule has 4 nitrogen and oxygen atoms in total. The number of phenols is 1. The van der Waals surface area contributed by atoms with Crippen LogP contribution in [0.5, 0.6) is 11.5 Å². The molecule has 168 valence electrons. The minimum absolute atomic E-state index is 0.124. The summed E-state index contributed by atoms with van der Waals surface area (Å²) in [4.78, 5) is 13.1. The monoisotopic (exact) mass is 455 g/mol. The third-order valence-electron chi connectivity index (χ3n) is 6.28. The molecule has 0 aliphatic carbocycles. The predicted molar refractivity (Wildman–Crippen MR) is 142 cm³/mol. The molecule has 0 saturated carbocycles. The fourth-order valence-electron chi connectivity index (χ4n) is 4.69. The van der Waals surface area contributed by atoms with Crippen molar-refractivity contribution in [2.24, 2.45) is 0 Å². The van der Waals surface area contributed by atoms with Gasteiger partial charge in [0.2, 0.25) is 0 Å². The van der Waals surface area contributed by atoms with Crippen molar-refractivity contribution >= 4 is 44.1 Å². The summed E-state index contributed by atoms with van der Waals surface area (Å²) in [5, 5.41) is 19.5. The molecule has 6 aromatic rings. The van der Waals surface area contributed by atoms with Crippen molar-refractivity contribution in [3.8, 4) is 22.6 Å². The number of nitrogens with one attached hydrogen (secondary N) is 1. The lowest BCUT2D eigenvalue weighted by molar-refractivity contribution is 0.215. The van der Waals surface area contributed by atoms with Crippen LogP contribution in [0, 0.1) is 0 Å². The Labute approximate surface area is 202 Å². The average Bonchev–Trinajstić information content (AvgIpc) is 2.89. The van der Waals surface area contributed by atoms with Crippen molar-refractivity contribution < 1.29 is 14.6 Å². The lowest BCUT2D eigenvalue weighted by Gasteiger charge is -2.17. The zero-order valence-corrected chi connectivity index (χ0v) is 18.7.